The Balaban J connectivity index is 0.00000169. The molecular formula is C15H20Cl2N2O4S. The lowest BCUT2D eigenvalue weighted by molar-refractivity contribution is 0.171. The molecule has 2 atom stereocenters. The Labute approximate surface area is 152 Å². The maximum absolute atomic E-state index is 13.2. The summed E-state index contributed by atoms with van der Waals surface area (Å²) in [6.45, 7) is 2.39. The van der Waals surface area contributed by atoms with E-state index in [1.807, 2.05) is 0 Å². The fourth-order valence-electron chi connectivity index (χ4n) is 3.69. The number of sulfonamides is 1. The van der Waals surface area contributed by atoms with E-state index in [4.69, 9.17) is 21.1 Å². The van der Waals surface area contributed by atoms with Crippen molar-refractivity contribution in [1.29, 1.82) is 0 Å². The minimum Gasteiger partial charge on any atom is -0.486 e. The van der Waals surface area contributed by atoms with Crippen LogP contribution in [0.3, 0.4) is 0 Å². The number of nitrogens with one attached hydrogen (secondary N) is 1. The molecular weight excluding hydrogens is 375 g/mol. The molecule has 0 saturated carbocycles. The third-order valence-corrected chi connectivity index (χ3v) is 7.21. The smallest absolute Gasteiger partial charge is 0.245 e. The van der Waals surface area contributed by atoms with Crippen LogP contribution in [0.25, 0.3) is 0 Å². The van der Waals surface area contributed by atoms with Crippen LogP contribution in [0, 0.1) is 0 Å². The number of fused-ring (bicyclic) bond motifs is 3. The van der Waals surface area contributed by atoms with E-state index in [0.717, 1.165) is 25.8 Å². The van der Waals surface area contributed by atoms with Gasteiger partial charge in [0.1, 0.15) is 18.1 Å². The molecule has 6 nitrogen and oxygen atoms in total. The van der Waals surface area contributed by atoms with Gasteiger partial charge in [-0.3, -0.25) is 0 Å². The summed E-state index contributed by atoms with van der Waals surface area (Å²) in [5.74, 6) is 0.945. The topological polar surface area (TPSA) is 67.9 Å². The molecule has 0 aliphatic carbocycles. The molecule has 0 aromatic heterocycles. The molecule has 9 heteroatoms. The molecule has 3 aliphatic heterocycles. The average Bonchev–Trinajstić information content (AvgIpc) is 2.80. The van der Waals surface area contributed by atoms with Crippen molar-refractivity contribution in [1.82, 2.24) is 9.62 Å². The van der Waals surface area contributed by atoms with E-state index in [1.165, 1.54) is 6.07 Å². The number of halogens is 2. The molecule has 24 heavy (non-hydrogen) atoms. The molecule has 2 unspecified atom stereocenters. The van der Waals surface area contributed by atoms with Crippen LogP contribution in [0.2, 0.25) is 5.02 Å². The fourth-order valence-corrected chi connectivity index (χ4v) is 6.10. The van der Waals surface area contributed by atoms with Gasteiger partial charge in [0.15, 0.2) is 11.5 Å². The zero-order valence-corrected chi connectivity index (χ0v) is 15.4. The van der Waals surface area contributed by atoms with Crippen LogP contribution in [0.1, 0.15) is 19.3 Å². The van der Waals surface area contributed by atoms with Gasteiger partial charge in [0.05, 0.1) is 5.02 Å². The second-order valence-electron chi connectivity index (χ2n) is 6.14. The third kappa shape index (κ3) is 2.97. The van der Waals surface area contributed by atoms with Gasteiger partial charge in [-0.15, -0.1) is 12.4 Å². The van der Waals surface area contributed by atoms with Crippen LogP contribution in [0.15, 0.2) is 17.0 Å². The normalized spacial score (nSPS) is 26.5. The first-order chi connectivity index (χ1) is 11.1. The van der Waals surface area contributed by atoms with Crippen molar-refractivity contribution in [2.24, 2.45) is 0 Å². The third-order valence-electron chi connectivity index (χ3n) is 4.74. The zero-order chi connectivity index (χ0) is 16.0. The van der Waals surface area contributed by atoms with E-state index in [0.29, 0.717) is 31.3 Å². The molecule has 134 valence electrons. The molecule has 1 aromatic rings. The predicted octanol–water partition coefficient (Wildman–Crippen LogP) is 2.05. The van der Waals surface area contributed by atoms with Crippen LogP contribution >= 0.6 is 24.0 Å². The molecule has 0 spiro atoms. The summed E-state index contributed by atoms with van der Waals surface area (Å²) >= 11 is 6.26. The predicted molar refractivity (Wildman–Crippen MR) is 93.0 cm³/mol. The standard InChI is InChI=1S/C15H19ClN2O4S.ClH/c16-12-7-13-14(22-6-5-21-13)8-15(12)23(19,20)18-10-1-2-11(18)9-17-4-3-10;/h7-8,10-11,17H,1-6,9H2;1H. The van der Waals surface area contributed by atoms with Gasteiger partial charge >= 0.3 is 0 Å². The van der Waals surface area contributed by atoms with Gasteiger partial charge in [0.2, 0.25) is 10.0 Å². The summed E-state index contributed by atoms with van der Waals surface area (Å²) < 4.78 is 39.1. The van der Waals surface area contributed by atoms with Crippen LogP contribution in [-0.2, 0) is 10.0 Å². The van der Waals surface area contributed by atoms with Crippen LogP contribution in [0.5, 0.6) is 11.5 Å². The summed E-state index contributed by atoms with van der Waals surface area (Å²) in [5.41, 5.74) is 0. The SMILES string of the molecule is Cl.O=S(=O)(c1cc2c(cc1Cl)OCCO2)N1C2CCNCC1CC2. The summed E-state index contributed by atoms with van der Waals surface area (Å²) in [6.07, 6.45) is 2.63. The number of hydrogen-bond acceptors (Lipinski definition) is 5. The second kappa shape index (κ2) is 6.88. The van der Waals surface area contributed by atoms with E-state index in [-0.39, 0.29) is 34.4 Å². The molecule has 2 bridgehead atoms. The van der Waals surface area contributed by atoms with Crippen molar-refractivity contribution in [3.8, 4) is 11.5 Å². The van der Waals surface area contributed by atoms with Gasteiger partial charge < -0.3 is 14.8 Å². The van der Waals surface area contributed by atoms with Crippen molar-refractivity contribution >= 4 is 34.0 Å². The Morgan fingerprint density at radius 3 is 2.50 bits per heavy atom. The van der Waals surface area contributed by atoms with Gasteiger partial charge in [-0.2, -0.15) is 4.31 Å². The molecule has 0 radical (unpaired) electrons. The lowest BCUT2D eigenvalue weighted by atomic mass is 10.1. The molecule has 2 saturated heterocycles. The van der Waals surface area contributed by atoms with Gasteiger partial charge in [-0.05, 0) is 25.8 Å². The monoisotopic (exact) mass is 394 g/mol. The maximum atomic E-state index is 13.2. The number of hydrogen-bond donors (Lipinski definition) is 1. The Bertz CT molecular complexity index is 714. The molecule has 4 rings (SSSR count). The second-order valence-corrected chi connectivity index (χ2v) is 8.36. The van der Waals surface area contributed by atoms with Crippen molar-refractivity contribution in [3.05, 3.63) is 17.2 Å². The largest absolute Gasteiger partial charge is 0.486 e. The van der Waals surface area contributed by atoms with Crippen LogP contribution in [-0.4, -0.2) is 51.1 Å². The zero-order valence-electron chi connectivity index (χ0n) is 13.0. The van der Waals surface area contributed by atoms with Gasteiger partial charge in [0, 0.05) is 30.8 Å². The van der Waals surface area contributed by atoms with Crippen LogP contribution < -0.4 is 14.8 Å². The van der Waals surface area contributed by atoms with Crippen molar-refractivity contribution < 1.29 is 17.9 Å². The van der Waals surface area contributed by atoms with Crippen LogP contribution in [0.4, 0.5) is 0 Å². The summed E-state index contributed by atoms with van der Waals surface area (Å²) in [5, 5.41) is 3.50. The molecule has 3 heterocycles. The molecule has 1 N–H and O–H groups in total. The Morgan fingerprint density at radius 1 is 1.08 bits per heavy atom. The number of benzene rings is 1. The first-order valence-electron chi connectivity index (χ1n) is 7.91. The average molecular weight is 395 g/mol. The van der Waals surface area contributed by atoms with Gasteiger partial charge in [-0.25, -0.2) is 8.42 Å². The van der Waals surface area contributed by atoms with E-state index in [1.54, 1.807) is 10.4 Å². The van der Waals surface area contributed by atoms with Crippen molar-refractivity contribution in [3.63, 3.8) is 0 Å². The van der Waals surface area contributed by atoms with Crippen molar-refractivity contribution in [2.45, 2.75) is 36.2 Å². The summed E-state index contributed by atoms with van der Waals surface area (Å²) in [7, 11) is -3.66. The summed E-state index contributed by atoms with van der Waals surface area (Å²) in [4.78, 5) is 0.113. The van der Waals surface area contributed by atoms with Gasteiger partial charge in [0.25, 0.3) is 0 Å². The van der Waals surface area contributed by atoms with E-state index >= 15 is 0 Å². The van der Waals surface area contributed by atoms with Gasteiger partial charge in [-0.1, -0.05) is 11.6 Å². The fraction of sp³-hybridized carbons (Fsp3) is 0.600. The molecule has 0 amide bonds. The summed E-state index contributed by atoms with van der Waals surface area (Å²) in [6, 6.07) is 3.09. The highest BCUT2D eigenvalue weighted by molar-refractivity contribution is 7.89. The maximum Gasteiger partial charge on any atom is 0.245 e. The number of rotatable bonds is 2. The minimum atomic E-state index is -3.66. The first kappa shape index (κ1) is 18.1. The Morgan fingerprint density at radius 2 is 1.75 bits per heavy atom. The quantitative estimate of drug-likeness (QED) is 0.830. The minimum absolute atomic E-state index is 0. The van der Waals surface area contributed by atoms with E-state index < -0.39 is 10.0 Å². The first-order valence-corrected chi connectivity index (χ1v) is 9.72. The van der Waals surface area contributed by atoms with E-state index in [2.05, 4.69) is 5.32 Å². The molecule has 3 aliphatic rings. The highest BCUT2D eigenvalue weighted by Crippen LogP contribution is 2.41. The number of nitrogens with zero attached hydrogens (tertiary/aromatic N) is 1. The highest BCUT2D eigenvalue weighted by atomic mass is 35.5. The molecule has 2 fully saturated rings. The molecule has 1 aromatic carbocycles. The van der Waals surface area contributed by atoms with E-state index in [9.17, 15) is 8.42 Å². The Hall–Kier alpha value is -0.730. The highest BCUT2D eigenvalue weighted by Gasteiger charge is 2.44. The number of ether oxygens (including phenoxy) is 2. The lowest BCUT2D eigenvalue weighted by Gasteiger charge is -2.28. The Kier molecular flexibility index (Phi) is 5.18. The van der Waals surface area contributed by atoms with Crippen molar-refractivity contribution in [2.75, 3.05) is 26.3 Å². The lowest BCUT2D eigenvalue weighted by Crippen LogP contribution is -2.42.